The monoisotopic (exact) mass is 295 g/mol. The second-order valence-corrected chi connectivity index (χ2v) is 6.83. The first kappa shape index (κ1) is 15.6. The van der Waals surface area contributed by atoms with Gasteiger partial charge in [0.05, 0.1) is 0 Å². The molecule has 2 rings (SSSR count). The van der Waals surface area contributed by atoms with Gasteiger partial charge in [0.2, 0.25) is 0 Å². The van der Waals surface area contributed by atoms with Crippen LogP contribution in [0, 0.1) is 0 Å². The normalized spacial score (nSPS) is 17.5. The molecule has 1 aromatic carbocycles. The predicted octanol–water partition coefficient (Wildman–Crippen LogP) is 2.98. The lowest BCUT2D eigenvalue weighted by molar-refractivity contribution is 0.245. The highest BCUT2D eigenvalue weighted by atomic mass is 35.5. The van der Waals surface area contributed by atoms with Gasteiger partial charge in [0.1, 0.15) is 0 Å². The van der Waals surface area contributed by atoms with Crippen molar-refractivity contribution in [3.05, 3.63) is 29.3 Å². The van der Waals surface area contributed by atoms with Crippen LogP contribution in [0.5, 0.6) is 0 Å². The molecule has 0 radical (unpaired) electrons. The van der Waals surface area contributed by atoms with Crippen molar-refractivity contribution in [1.29, 1.82) is 0 Å². The van der Waals surface area contributed by atoms with Gasteiger partial charge in [-0.05, 0) is 57.5 Å². The molecule has 1 heterocycles. The molecular weight excluding hydrogens is 270 g/mol. The van der Waals surface area contributed by atoms with Gasteiger partial charge in [-0.2, -0.15) is 0 Å². The summed E-state index contributed by atoms with van der Waals surface area (Å²) in [6.45, 7) is 9.81. The van der Waals surface area contributed by atoms with Gasteiger partial charge in [-0.15, -0.1) is 0 Å². The lowest BCUT2D eigenvalue weighted by Gasteiger charge is -2.36. The first-order valence-electron chi connectivity index (χ1n) is 7.46. The molecule has 0 spiro atoms. The van der Waals surface area contributed by atoms with Crippen LogP contribution in [0.3, 0.4) is 0 Å². The maximum absolute atomic E-state index is 6.02. The molecule has 112 valence electrons. The summed E-state index contributed by atoms with van der Waals surface area (Å²) in [5.41, 5.74) is 7.26. The number of nitrogens with zero attached hydrogens (tertiary/aromatic N) is 2. The number of hydrogen-bond donors (Lipinski definition) is 1. The number of hydrogen-bond acceptors (Lipinski definition) is 3. The van der Waals surface area contributed by atoms with Crippen LogP contribution in [0.4, 0.5) is 5.69 Å². The molecule has 0 amide bonds. The van der Waals surface area contributed by atoms with E-state index in [-0.39, 0.29) is 5.54 Å². The summed E-state index contributed by atoms with van der Waals surface area (Å²) in [6.07, 6.45) is 2.27. The molecule has 3 nitrogen and oxygen atoms in total. The van der Waals surface area contributed by atoms with E-state index < -0.39 is 0 Å². The minimum Gasteiger partial charge on any atom is -0.369 e. The quantitative estimate of drug-likeness (QED) is 0.906. The molecule has 2 N–H and O–H groups in total. The summed E-state index contributed by atoms with van der Waals surface area (Å²) >= 11 is 5.93. The van der Waals surface area contributed by atoms with Crippen molar-refractivity contribution in [2.75, 3.05) is 37.6 Å². The highest BCUT2D eigenvalue weighted by Gasteiger charge is 2.18. The van der Waals surface area contributed by atoms with Crippen LogP contribution < -0.4 is 10.6 Å². The fourth-order valence-corrected chi connectivity index (χ4v) is 2.77. The average molecular weight is 296 g/mol. The number of rotatable bonds is 5. The molecule has 0 saturated carbocycles. The Morgan fingerprint density at radius 3 is 2.25 bits per heavy atom. The van der Waals surface area contributed by atoms with Crippen molar-refractivity contribution in [3.8, 4) is 0 Å². The molecule has 0 aromatic heterocycles. The zero-order chi connectivity index (χ0) is 14.6. The zero-order valence-electron chi connectivity index (χ0n) is 12.6. The van der Waals surface area contributed by atoms with Crippen LogP contribution in [0.1, 0.15) is 26.7 Å². The van der Waals surface area contributed by atoms with Gasteiger partial charge in [0.15, 0.2) is 0 Å². The number of piperazine rings is 1. The third-order valence-corrected chi connectivity index (χ3v) is 4.11. The van der Waals surface area contributed by atoms with Gasteiger partial charge in [-0.25, -0.2) is 0 Å². The molecule has 4 heteroatoms. The van der Waals surface area contributed by atoms with Crippen LogP contribution in [0.2, 0.25) is 5.02 Å². The smallest absolute Gasteiger partial charge is 0.0407 e. The maximum atomic E-state index is 6.02. The first-order chi connectivity index (χ1) is 9.44. The molecule has 0 unspecified atom stereocenters. The molecule has 1 aliphatic heterocycles. The maximum Gasteiger partial charge on any atom is 0.0407 e. The summed E-state index contributed by atoms with van der Waals surface area (Å²) in [5, 5.41) is 0.803. The molecule has 1 fully saturated rings. The van der Waals surface area contributed by atoms with Crippen LogP contribution in [-0.4, -0.2) is 43.2 Å². The van der Waals surface area contributed by atoms with Crippen molar-refractivity contribution < 1.29 is 0 Å². The number of benzene rings is 1. The van der Waals surface area contributed by atoms with E-state index >= 15 is 0 Å². The largest absolute Gasteiger partial charge is 0.369 e. The topological polar surface area (TPSA) is 32.5 Å². The average Bonchev–Trinajstić information content (AvgIpc) is 2.39. The summed E-state index contributed by atoms with van der Waals surface area (Å²) in [7, 11) is 0. The highest BCUT2D eigenvalue weighted by Crippen LogP contribution is 2.19. The first-order valence-corrected chi connectivity index (χ1v) is 7.84. The molecule has 1 aliphatic rings. The van der Waals surface area contributed by atoms with Crippen LogP contribution in [-0.2, 0) is 0 Å². The second-order valence-electron chi connectivity index (χ2n) is 6.40. The Balaban J connectivity index is 1.74. The van der Waals surface area contributed by atoms with Crippen molar-refractivity contribution in [2.45, 2.75) is 32.2 Å². The predicted molar refractivity (Wildman–Crippen MR) is 87.6 cm³/mol. The van der Waals surface area contributed by atoms with Gasteiger partial charge >= 0.3 is 0 Å². The molecule has 0 bridgehead atoms. The van der Waals surface area contributed by atoms with Crippen molar-refractivity contribution in [3.63, 3.8) is 0 Å². The van der Waals surface area contributed by atoms with Crippen LogP contribution in [0.15, 0.2) is 24.3 Å². The van der Waals surface area contributed by atoms with Gasteiger partial charge in [-0.3, -0.25) is 4.90 Å². The summed E-state index contributed by atoms with van der Waals surface area (Å²) in [5.74, 6) is 0. The lowest BCUT2D eigenvalue weighted by atomic mass is 10.00. The van der Waals surface area contributed by atoms with Gasteiger partial charge < -0.3 is 10.6 Å². The molecule has 1 aromatic rings. The SMILES string of the molecule is CC(C)(N)CCCN1CCN(c2ccc(Cl)cc2)CC1. The Labute approximate surface area is 127 Å². The van der Waals surface area contributed by atoms with E-state index in [2.05, 4.69) is 35.8 Å². The molecule has 1 saturated heterocycles. The van der Waals surface area contributed by atoms with E-state index in [9.17, 15) is 0 Å². The van der Waals surface area contributed by atoms with Crippen molar-refractivity contribution in [2.24, 2.45) is 5.73 Å². The van der Waals surface area contributed by atoms with Crippen LogP contribution in [0.25, 0.3) is 0 Å². The molecule has 0 atom stereocenters. The number of anilines is 1. The Kier molecular flexibility index (Phi) is 5.30. The fraction of sp³-hybridized carbons (Fsp3) is 0.625. The Hall–Kier alpha value is -0.770. The van der Waals surface area contributed by atoms with E-state index in [1.807, 2.05) is 12.1 Å². The van der Waals surface area contributed by atoms with E-state index in [0.29, 0.717) is 0 Å². The van der Waals surface area contributed by atoms with Crippen molar-refractivity contribution in [1.82, 2.24) is 4.90 Å². The minimum absolute atomic E-state index is 0.0366. The number of nitrogens with two attached hydrogens (primary N) is 1. The zero-order valence-corrected chi connectivity index (χ0v) is 13.4. The molecule has 0 aliphatic carbocycles. The molecular formula is C16H26ClN3. The summed E-state index contributed by atoms with van der Waals surface area (Å²) < 4.78 is 0. The van der Waals surface area contributed by atoms with E-state index in [1.54, 1.807) is 0 Å². The van der Waals surface area contributed by atoms with E-state index in [0.717, 1.165) is 44.2 Å². The summed E-state index contributed by atoms with van der Waals surface area (Å²) in [6, 6.07) is 8.14. The number of halogens is 1. The van der Waals surface area contributed by atoms with Crippen LogP contribution >= 0.6 is 11.6 Å². The Morgan fingerprint density at radius 1 is 1.10 bits per heavy atom. The standard InChI is InChI=1S/C16H26ClN3/c1-16(2,18)8-3-9-19-10-12-20(13-11-19)15-6-4-14(17)5-7-15/h4-7H,3,8-13,18H2,1-2H3. The van der Waals surface area contributed by atoms with E-state index in [4.69, 9.17) is 17.3 Å². The second kappa shape index (κ2) is 6.79. The van der Waals surface area contributed by atoms with E-state index in [1.165, 1.54) is 12.1 Å². The molecule has 20 heavy (non-hydrogen) atoms. The third kappa shape index (κ3) is 4.97. The Morgan fingerprint density at radius 2 is 1.70 bits per heavy atom. The van der Waals surface area contributed by atoms with Crippen molar-refractivity contribution >= 4 is 17.3 Å². The summed E-state index contributed by atoms with van der Waals surface area (Å²) in [4.78, 5) is 4.97. The highest BCUT2D eigenvalue weighted by molar-refractivity contribution is 6.30. The fourth-order valence-electron chi connectivity index (χ4n) is 2.64. The Bertz CT molecular complexity index is 403. The third-order valence-electron chi connectivity index (χ3n) is 3.86. The van der Waals surface area contributed by atoms with Gasteiger partial charge in [0, 0.05) is 42.4 Å². The minimum atomic E-state index is -0.0366. The van der Waals surface area contributed by atoms with Gasteiger partial charge in [-0.1, -0.05) is 11.6 Å². The lowest BCUT2D eigenvalue weighted by Crippen LogP contribution is -2.47. The van der Waals surface area contributed by atoms with Gasteiger partial charge in [0.25, 0.3) is 0 Å².